The summed E-state index contributed by atoms with van der Waals surface area (Å²) in [7, 11) is 0. The number of carbonyl (C=O) groups is 1. The van der Waals surface area contributed by atoms with Crippen LogP contribution in [0.2, 0.25) is 0 Å². The Morgan fingerprint density at radius 1 is 1.40 bits per heavy atom. The SMILES string of the molecule is C[C@H]1CN(CC(C)(C)C(=O)Nc2ccccc2)CCN1. The fourth-order valence-electron chi connectivity index (χ4n) is 2.61. The van der Waals surface area contributed by atoms with Gasteiger partial charge in [0.05, 0.1) is 5.41 Å². The van der Waals surface area contributed by atoms with E-state index in [1.807, 2.05) is 44.2 Å². The Morgan fingerprint density at radius 2 is 2.10 bits per heavy atom. The molecule has 0 aliphatic carbocycles. The largest absolute Gasteiger partial charge is 0.326 e. The number of rotatable bonds is 4. The van der Waals surface area contributed by atoms with E-state index in [9.17, 15) is 4.79 Å². The molecule has 1 aromatic rings. The molecule has 20 heavy (non-hydrogen) atoms. The van der Waals surface area contributed by atoms with Gasteiger partial charge in [0.2, 0.25) is 5.91 Å². The van der Waals surface area contributed by atoms with Crippen molar-refractivity contribution in [1.29, 1.82) is 0 Å². The van der Waals surface area contributed by atoms with Crippen LogP contribution in [-0.2, 0) is 4.79 Å². The molecule has 0 aromatic heterocycles. The van der Waals surface area contributed by atoms with E-state index in [2.05, 4.69) is 22.5 Å². The normalized spacial score (nSPS) is 20.6. The lowest BCUT2D eigenvalue weighted by molar-refractivity contribution is -0.125. The molecule has 0 unspecified atom stereocenters. The Labute approximate surface area is 121 Å². The van der Waals surface area contributed by atoms with E-state index in [1.54, 1.807) is 0 Å². The molecule has 2 rings (SSSR count). The molecule has 1 atom stereocenters. The van der Waals surface area contributed by atoms with Crippen molar-refractivity contribution in [3.63, 3.8) is 0 Å². The third-order valence-electron chi connectivity index (χ3n) is 3.72. The first-order valence-corrected chi connectivity index (χ1v) is 7.29. The molecular weight excluding hydrogens is 250 g/mol. The Morgan fingerprint density at radius 3 is 2.75 bits per heavy atom. The van der Waals surface area contributed by atoms with E-state index >= 15 is 0 Å². The standard InChI is InChI=1S/C16H25N3O/c1-13-11-19(10-9-17-13)12-16(2,3)15(20)18-14-7-5-4-6-8-14/h4-8,13,17H,9-12H2,1-3H3,(H,18,20)/t13-/m0/s1. The van der Waals surface area contributed by atoms with E-state index in [0.29, 0.717) is 6.04 Å². The van der Waals surface area contributed by atoms with Crippen LogP contribution in [0.4, 0.5) is 5.69 Å². The predicted molar refractivity (Wildman–Crippen MR) is 82.8 cm³/mol. The highest BCUT2D eigenvalue weighted by Gasteiger charge is 2.31. The van der Waals surface area contributed by atoms with Crippen LogP contribution < -0.4 is 10.6 Å². The van der Waals surface area contributed by atoms with Gasteiger partial charge in [-0.25, -0.2) is 0 Å². The Hall–Kier alpha value is -1.39. The summed E-state index contributed by atoms with van der Waals surface area (Å²) in [4.78, 5) is 14.8. The number of carbonyl (C=O) groups excluding carboxylic acids is 1. The molecule has 4 nitrogen and oxygen atoms in total. The third-order valence-corrected chi connectivity index (χ3v) is 3.72. The van der Waals surface area contributed by atoms with Gasteiger partial charge in [-0.3, -0.25) is 9.69 Å². The molecule has 1 amide bonds. The highest BCUT2D eigenvalue weighted by atomic mass is 16.2. The average molecular weight is 275 g/mol. The minimum Gasteiger partial charge on any atom is -0.326 e. The Bertz CT molecular complexity index is 444. The molecule has 1 saturated heterocycles. The van der Waals surface area contributed by atoms with E-state index in [0.717, 1.165) is 31.9 Å². The molecule has 1 heterocycles. The summed E-state index contributed by atoms with van der Waals surface area (Å²) in [6.07, 6.45) is 0. The molecule has 4 heteroatoms. The van der Waals surface area contributed by atoms with E-state index in [-0.39, 0.29) is 5.91 Å². The fourth-order valence-corrected chi connectivity index (χ4v) is 2.61. The summed E-state index contributed by atoms with van der Waals surface area (Å²) < 4.78 is 0. The van der Waals surface area contributed by atoms with Gasteiger partial charge in [0.25, 0.3) is 0 Å². The number of amides is 1. The van der Waals surface area contributed by atoms with Gasteiger partial charge in [0, 0.05) is 37.9 Å². The number of hydrogen-bond donors (Lipinski definition) is 2. The van der Waals surface area contributed by atoms with Crippen LogP contribution in [0.5, 0.6) is 0 Å². The van der Waals surface area contributed by atoms with Crippen molar-refractivity contribution in [2.75, 3.05) is 31.5 Å². The van der Waals surface area contributed by atoms with Crippen LogP contribution in [0.25, 0.3) is 0 Å². The number of benzene rings is 1. The lowest BCUT2D eigenvalue weighted by Crippen LogP contribution is -2.53. The zero-order valence-electron chi connectivity index (χ0n) is 12.6. The molecule has 0 saturated carbocycles. The second-order valence-electron chi connectivity index (χ2n) is 6.29. The smallest absolute Gasteiger partial charge is 0.231 e. The number of piperazine rings is 1. The molecule has 1 aromatic carbocycles. The van der Waals surface area contributed by atoms with Gasteiger partial charge in [0.1, 0.15) is 0 Å². The van der Waals surface area contributed by atoms with Crippen molar-refractivity contribution < 1.29 is 4.79 Å². The maximum atomic E-state index is 12.4. The molecule has 1 fully saturated rings. The van der Waals surface area contributed by atoms with Crippen molar-refractivity contribution in [2.24, 2.45) is 5.41 Å². The van der Waals surface area contributed by atoms with Gasteiger partial charge < -0.3 is 10.6 Å². The second-order valence-corrected chi connectivity index (χ2v) is 6.29. The maximum Gasteiger partial charge on any atom is 0.231 e. The summed E-state index contributed by atoms with van der Waals surface area (Å²) >= 11 is 0. The van der Waals surface area contributed by atoms with Crippen LogP contribution in [0.3, 0.4) is 0 Å². The summed E-state index contributed by atoms with van der Waals surface area (Å²) in [5.41, 5.74) is 0.464. The molecule has 1 aliphatic rings. The van der Waals surface area contributed by atoms with E-state index in [1.165, 1.54) is 0 Å². The Balaban J connectivity index is 1.93. The quantitative estimate of drug-likeness (QED) is 0.882. The Kier molecular flexibility index (Phi) is 4.78. The fraction of sp³-hybridized carbons (Fsp3) is 0.562. The van der Waals surface area contributed by atoms with Crippen molar-refractivity contribution in [1.82, 2.24) is 10.2 Å². The van der Waals surface area contributed by atoms with Gasteiger partial charge in [-0.1, -0.05) is 18.2 Å². The van der Waals surface area contributed by atoms with E-state index < -0.39 is 5.41 Å². The minimum absolute atomic E-state index is 0.0786. The number of nitrogens with zero attached hydrogens (tertiary/aromatic N) is 1. The third kappa shape index (κ3) is 4.05. The van der Waals surface area contributed by atoms with Crippen LogP contribution >= 0.6 is 0 Å². The van der Waals surface area contributed by atoms with Crippen molar-refractivity contribution in [3.8, 4) is 0 Å². The summed E-state index contributed by atoms with van der Waals surface area (Å²) in [5, 5.41) is 6.43. The maximum absolute atomic E-state index is 12.4. The van der Waals surface area contributed by atoms with Crippen molar-refractivity contribution >= 4 is 11.6 Å². The molecule has 0 radical (unpaired) electrons. The van der Waals surface area contributed by atoms with Crippen LogP contribution in [-0.4, -0.2) is 43.0 Å². The topological polar surface area (TPSA) is 44.4 Å². The lowest BCUT2D eigenvalue weighted by Gasteiger charge is -2.36. The predicted octanol–water partition coefficient (Wildman–Crippen LogP) is 1.95. The van der Waals surface area contributed by atoms with Gasteiger partial charge in [-0.05, 0) is 32.9 Å². The number of nitrogens with one attached hydrogen (secondary N) is 2. The summed E-state index contributed by atoms with van der Waals surface area (Å²) in [5.74, 6) is 0.0786. The molecule has 0 bridgehead atoms. The summed E-state index contributed by atoms with van der Waals surface area (Å²) in [6.45, 7) is 10.0. The van der Waals surface area contributed by atoms with Gasteiger partial charge in [-0.2, -0.15) is 0 Å². The van der Waals surface area contributed by atoms with Crippen LogP contribution in [0.15, 0.2) is 30.3 Å². The first-order valence-electron chi connectivity index (χ1n) is 7.29. The average Bonchev–Trinajstić information content (AvgIpc) is 2.39. The second kappa shape index (κ2) is 6.37. The minimum atomic E-state index is -0.396. The van der Waals surface area contributed by atoms with E-state index in [4.69, 9.17) is 0 Å². The van der Waals surface area contributed by atoms with Crippen LogP contribution in [0.1, 0.15) is 20.8 Å². The van der Waals surface area contributed by atoms with Crippen LogP contribution in [0, 0.1) is 5.41 Å². The zero-order valence-corrected chi connectivity index (χ0v) is 12.6. The lowest BCUT2D eigenvalue weighted by atomic mass is 9.91. The highest BCUT2D eigenvalue weighted by Crippen LogP contribution is 2.21. The molecule has 0 spiro atoms. The van der Waals surface area contributed by atoms with Gasteiger partial charge in [-0.15, -0.1) is 0 Å². The zero-order chi connectivity index (χ0) is 14.6. The van der Waals surface area contributed by atoms with Crippen molar-refractivity contribution in [3.05, 3.63) is 30.3 Å². The first kappa shape index (κ1) is 15.0. The highest BCUT2D eigenvalue weighted by molar-refractivity contribution is 5.94. The number of hydrogen-bond acceptors (Lipinski definition) is 3. The number of para-hydroxylation sites is 1. The monoisotopic (exact) mass is 275 g/mol. The molecular formula is C16H25N3O. The molecule has 1 aliphatic heterocycles. The molecule has 2 N–H and O–H groups in total. The first-order chi connectivity index (χ1) is 9.47. The number of anilines is 1. The van der Waals surface area contributed by atoms with Crippen molar-refractivity contribution in [2.45, 2.75) is 26.8 Å². The van der Waals surface area contributed by atoms with Gasteiger partial charge >= 0.3 is 0 Å². The molecule has 110 valence electrons. The summed E-state index contributed by atoms with van der Waals surface area (Å²) in [6, 6.07) is 10.1. The van der Waals surface area contributed by atoms with Gasteiger partial charge in [0.15, 0.2) is 0 Å².